The van der Waals surface area contributed by atoms with Crippen LogP contribution in [0.15, 0.2) is 0 Å². The molecule has 0 aliphatic heterocycles. The second-order valence-corrected chi connectivity index (χ2v) is 2.56. The topological polar surface area (TPSA) is 94.2 Å². The molecule has 0 amide bonds. The van der Waals surface area contributed by atoms with E-state index in [4.69, 9.17) is 15.6 Å². The Balaban J connectivity index is 2.98. The molecule has 6 heteroatoms. The SMILES string of the molecule is COc1nnc(C(N)CO)c(C)n1. The lowest BCUT2D eigenvalue weighted by Gasteiger charge is -2.08. The zero-order valence-corrected chi connectivity index (χ0v) is 7.56. The minimum Gasteiger partial charge on any atom is -0.466 e. The molecule has 1 heterocycles. The number of methoxy groups -OCH3 is 1. The molecule has 72 valence electrons. The van der Waals surface area contributed by atoms with E-state index in [0.29, 0.717) is 11.4 Å². The highest BCUT2D eigenvalue weighted by atomic mass is 16.5. The molecule has 0 saturated carbocycles. The Labute approximate surface area is 75.8 Å². The van der Waals surface area contributed by atoms with Gasteiger partial charge in [-0.3, -0.25) is 0 Å². The van der Waals surface area contributed by atoms with E-state index in [1.54, 1.807) is 6.92 Å². The summed E-state index contributed by atoms with van der Waals surface area (Å²) in [7, 11) is 1.46. The summed E-state index contributed by atoms with van der Waals surface area (Å²) < 4.78 is 4.78. The highest BCUT2D eigenvalue weighted by Crippen LogP contribution is 2.10. The molecular weight excluding hydrogens is 172 g/mol. The van der Waals surface area contributed by atoms with Crippen molar-refractivity contribution in [3.63, 3.8) is 0 Å². The van der Waals surface area contributed by atoms with Crippen LogP contribution >= 0.6 is 0 Å². The summed E-state index contributed by atoms with van der Waals surface area (Å²) in [5.74, 6) is 0. The Morgan fingerprint density at radius 2 is 2.23 bits per heavy atom. The Bertz CT molecular complexity index is 292. The molecule has 6 nitrogen and oxygen atoms in total. The van der Waals surface area contributed by atoms with Crippen molar-refractivity contribution in [2.24, 2.45) is 5.73 Å². The molecule has 3 N–H and O–H groups in total. The largest absolute Gasteiger partial charge is 0.466 e. The molecule has 0 aromatic carbocycles. The third-order valence-corrected chi connectivity index (χ3v) is 1.61. The Kier molecular flexibility index (Phi) is 3.10. The average molecular weight is 184 g/mol. The van der Waals surface area contributed by atoms with Gasteiger partial charge in [-0.25, -0.2) is 0 Å². The van der Waals surface area contributed by atoms with Crippen LogP contribution in [0.1, 0.15) is 17.4 Å². The lowest BCUT2D eigenvalue weighted by Crippen LogP contribution is -2.19. The number of hydrogen-bond acceptors (Lipinski definition) is 6. The minimum atomic E-state index is -0.536. The highest BCUT2D eigenvalue weighted by Gasteiger charge is 2.12. The van der Waals surface area contributed by atoms with Gasteiger partial charge in [0.1, 0.15) is 5.69 Å². The van der Waals surface area contributed by atoms with Crippen LogP contribution < -0.4 is 10.5 Å². The number of nitrogens with zero attached hydrogens (tertiary/aromatic N) is 3. The van der Waals surface area contributed by atoms with Crippen molar-refractivity contribution in [3.05, 3.63) is 11.4 Å². The molecule has 0 bridgehead atoms. The van der Waals surface area contributed by atoms with Gasteiger partial charge in [-0.05, 0) is 6.92 Å². The van der Waals surface area contributed by atoms with Gasteiger partial charge in [0.2, 0.25) is 0 Å². The van der Waals surface area contributed by atoms with Crippen molar-refractivity contribution >= 4 is 0 Å². The molecule has 0 aliphatic carbocycles. The zero-order valence-electron chi connectivity index (χ0n) is 7.56. The molecule has 1 aromatic rings. The number of nitrogens with two attached hydrogens (primary N) is 1. The van der Waals surface area contributed by atoms with Gasteiger partial charge in [-0.1, -0.05) is 5.10 Å². The van der Waals surface area contributed by atoms with Gasteiger partial charge in [-0.2, -0.15) is 4.98 Å². The molecule has 0 aliphatic rings. The van der Waals surface area contributed by atoms with Crippen molar-refractivity contribution in [1.29, 1.82) is 0 Å². The standard InChI is InChI=1S/C7H12N4O2/c1-4-6(5(8)3-12)10-11-7(9-4)13-2/h5,12H,3,8H2,1-2H3. The third kappa shape index (κ3) is 2.10. The first-order chi connectivity index (χ1) is 6.19. The van der Waals surface area contributed by atoms with E-state index in [1.165, 1.54) is 7.11 Å². The summed E-state index contributed by atoms with van der Waals surface area (Å²) in [6, 6.07) is -0.336. The molecule has 0 spiro atoms. The summed E-state index contributed by atoms with van der Waals surface area (Å²) >= 11 is 0. The monoisotopic (exact) mass is 184 g/mol. The number of hydrogen-bond donors (Lipinski definition) is 2. The molecule has 0 radical (unpaired) electrons. The fraction of sp³-hybridized carbons (Fsp3) is 0.571. The van der Waals surface area contributed by atoms with Crippen LogP contribution in [0.4, 0.5) is 0 Å². The van der Waals surface area contributed by atoms with Crippen LogP contribution in [-0.4, -0.2) is 34.0 Å². The number of aliphatic hydroxyl groups excluding tert-OH is 1. The fourth-order valence-electron chi connectivity index (χ4n) is 0.908. The summed E-state index contributed by atoms with van der Waals surface area (Å²) in [6.45, 7) is 1.56. The minimum absolute atomic E-state index is 0.177. The molecule has 1 unspecified atom stereocenters. The van der Waals surface area contributed by atoms with Gasteiger partial charge in [-0.15, -0.1) is 5.10 Å². The molecular formula is C7H12N4O2. The van der Waals surface area contributed by atoms with Gasteiger partial charge in [0.15, 0.2) is 0 Å². The first-order valence-electron chi connectivity index (χ1n) is 3.80. The molecule has 13 heavy (non-hydrogen) atoms. The van der Waals surface area contributed by atoms with Crippen molar-refractivity contribution in [3.8, 4) is 6.01 Å². The smallest absolute Gasteiger partial charge is 0.335 e. The van der Waals surface area contributed by atoms with Crippen molar-refractivity contribution in [2.75, 3.05) is 13.7 Å². The van der Waals surface area contributed by atoms with Crippen LogP contribution in [0, 0.1) is 6.92 Å². The molecule has 0 saturated heterocycles. The van der Waals surface area contributed by atoms with Crippen LogP contribution in [-0.2, 0) is 0 Å². The Morgan fingerprint density at radius 3 is 2.69 bits per heavy atom. The molecule has 1 atom stereocenters. The van der Waals surface area contributed by atoms with Crippen LogP contribution in [0.3, 0.4) is 0 Å². The van der Waals surface area contributed by atoms with E-state index in [1.807, 2.05) is 0 Å². The van der Waals surface area contributed by atoms with Gasteiger partial charge in [0.05, 0.1) is 25.5 Å². The summed E-state index contributed by atoms with van der Waals surface area (Å²) in [5.41, 5.74) is 6.66. The number of aliphatic hydroxyl groups is 1. The third-order valence-electron chi connectivity index (χ3n) is 1.61. The van der Waals surface area contributed by atoms with Crippen LogP contribution in [0.2, 0.25) is 0 Å². The quantitative estimate of drug-likeness (QED) is 0.637. The van der Waals surface area contributed by atoms with E-state index in [2.05, 4.69) is 15.2 Å². The van der Waals surface area contributed by atoms with Crippen molar-refractivity contribution in [1.82, 2.24) is 15.2 Å². The van der Waals surface area contributed by atoms with Crippen LogP contribution in [0.5, 0.6) is 6.01 Å². The van der Waals surface area contributed by atoms with E-state index in [9.17, 15) is 0 Å². The maximum absolute atomic E-state index is 8.79. The fourth-order valence-corrected chi connectivity index (χ4v) is 0.908. The predicted molar refractivity (Wildman–Crippen MR) is 45.1 cm³/mol. The lowest BCUT2D eigenvalue weighted by molar-refractivity contribution is 0.263. The summed E-state index contributed by atoms with van der Waals surface area (Å²) in [4.78, 5) is 3.97. The van der Waals surface area contributed by atoms with Gasteiger partial charge in [0, 0.05) is 0 Å². The normalized spacial score (nSPS) is 12.6. The Hall–Kier alpha value is -1.27. The van der Waals surface area contributed by atoms with E-state index in [-0.39, 0.29) is 12.6 Å². The average Bonchev–Trinajstić information content (AvgIpc) is 2.16. The Morgan fingerprint density at radius 1 is 1.54 bits per heavy atom. The molecule has 1 aromatic heterocycles. The van der Waals surface area contributed by atoms with Gasteiger partial charge >= 0.3 is 6.01 Å². The van der Waals surface area contributed by atoms with Crippen molar-refractivity contribution in [2.45, 2.75) is 13.0 Å². The number of ether oxygens (including phenoxy) is 1. The maximum Gasteiger partial charge on any atom is 0.335 e. The number of aromatic nitrogens is 3. The number of rotatable bonds is 3. The lowest BCUT2D eigenvalue weighted by atomic mass is 10.2. The summed E-state index contributed by atoms with van der Waals surface area (Å²) in [6.07, 6.45) is 0. The molecule has 0 fully saturated rings. The maximum atomic E-state index is 8.79. The van der Waals surface area contributed by atoms with Crippen molar-refractivity contribution < 1.29 is 9.84 Å². The highest BCUT2D eigenvalue weighted by molar-refractivity contribution is 5.13. The van der Waals surface area contributed by atoms with Gasteiger partial charge < -0.3 is 15.6 Å². The predicted octanol–water partition coefficient (Wildman–Crippen LogP) is -0.819. The zero-order chi connectivity index (χ0) is 9.84. The second-order valence-electron chi connectivity index (χ2n) is 2.56. The second kappa shape index (κ2) is 4.11. The first-order valence-corrected chi connectivity index (χ1v) is 3.80. The van der Waals surface area contributed by atoms with Gasteiger partial charge in [0.25, 0.3) is 0 Å². The molecule has 1 rings (SSSR count). The van der Waals surface area contributed by atoms with E-state index < -0.39 is 6.04 Å². The van der Waals surface area contributed by atoms with E-state index >= 15 is 0 Å². The first kappa shape index (κ1) is 9.82. The van der Waals surface area contributed by atoms with E-state index in [0.717, 1.165) is 0 Å². The summed E-state index contributed by atoms with van der Waals surface area (Å²) in [5, 5.41) is 16.2. The number of aryl methyl sites for hydroxylation is 1. The van der Waals surface area contributed by atoms with Crippen LogP contribution in [0.25, 0.3) is 0 Å².